The molecule has 0 spiro atoms. The fourth-order valence-corrected chi connectivity index (χ4v) is 2.45. The Morgan fingerprint density at radius 1 is 0.952 bits per heavy atom. The van der Waals surface area contributed by atoms with Gasteiger partial charge in [0.25, 0.3) is 0 Å². The van der Waals surface area contributed by atoms with Gasteiger partial charge in [-0.2, -0.15) is 0 Å². The Bertz CT molecular complexity index is 539. The van der Waals surface area contributed by atoms with E-state index in [9.17, 15) is 4.79 Å². The van der Waals surface area contributed by atoms with Crippen LogP contribution < -0.4 is 0 Å². The van der Waals surface area contributed by atoms with E-state index in [2.05, 4.69) is 0 Å². The first-order chi connectivity index (χ1) is 10.3. The van der Waals surface area contributed by atoms with Crippen LogP contribution in [0.5, 0.6) is 0 Å². The summed E-state index contributed by atoms with van der Waals surface area (Å²) in [6.45, 7) is 1.86. The molecule has 0 unspecified atom stereocenters. The van der Waals surface area contributed by atoms with Gasteiger partial charge >= 0.3 is 0 Å². The molecule has 0 radical (unpaired) electrons. The van der Waals surface area contributed by atoms with E-state index in [0.717, 1.165) is 30.6 Å². The van der Waals surface area contributed by atoms with E-state index < -0.39 is 0 Å². The van der Waals surface area contributed by atoms with Crippen LogP contribution in [0.25, 0.3) is 0 Å². The molecule has 0 aromatic heterocycles. The van der Waals surface area contributed by atoms with Gasteiger partial charge in [0, 0.05) is 13.1 Å². The molecule has 1 fully saturated rings. The highest BCUT2D eigenvalue weighted by atomic mass is 16.5. The van der Waals surface area contributed by atoms with Gasteiger partial charge in [0.1, 0.15) is 12.7 Å². The van der Waals surface area contributed by atoms with Gasteiger partial charge in [-0.3, -0.25) is 4.79 Å². The zero-order valence-corrected chi connectivity index (χ0v) is 11.9. The van der Waals surface area contributed by atoms with Gasteiger partial charge in [0.2, 0.25) is 5.91 Å². The monoisotopic (exact) mass is 281 g/mol. The molecule has 1 amide bonds. The molecule has 2 aromatic rings. The summed E-state index contributed by atoms with van der Waals surface area (Å²) in [7, 11) is 0. The summed E-state index contributed by atoms with van der Waals surface area (Å²) < 4.78 is 5.94. The summed E-state index contributed by atoms with van der Waals surface area (Å²) in [5.41, 5.74) is 2.14. The molecule has 1 heterocycles. The zero-order chi connectivity index (χ0) is 14.5. The summed E-state index contributed by atoms with van der Waals surface area (Å²) in [5.74, 6) is 0.0816. The predicted octanol–water partition coefficient (Wildman–Crippen LogP) is 3.02. The smallest absolute Gasteiger partial charge is 0.248 e. The average molecular weight is 281 g/mol. The van der Waals surface area contributed by atoms with E-state index in [0.29, 0.717) is 0 Å². The molecule has 0 aliphatic carbocycles. The summed E-state index contributed by atoms with van der Waals surface area (Å²) in [6.07, 6.45) is 0.907. The van der Waals surface area contributed by atoms with E-state index in [1.165, 1.54) is 0 Å². The Balaban J connectivity index is 1.75. The van der Waals surface area contributed by atoms with Crippen molar-refractivity contribution in [2.45, 2.75) is 12.5 Å². The van der Waals surface area contributed by atoms with E-state index in [4.69, 9.17) is 4.74 Å². The van der Waals surface area contributed by atoms with Crippen molar-refractivity contribution in [1.29, 1.82) is 0 Å². The first kappa shape index (κ1) is 13.8. The Morgan fingerprint density at radius 2 is 1.48 bits per heavy atom. The third-order valence-electron chi connectivity index (χ3n) is 3.79. The minimum absolute atomic E-state index is 0.0816. The summed E-state index contributed by atoms with van der Waals surface area (Å²) in [5, 5.41) is 0. The number of hydrogen-bond donors (Lipinski definition) is 0. The van der Waals surface area contributed by atoms with Crippen molar-refractivity contribution in [3.8, 4) is 0 Å². The second-order valence-corrected chi connectivity index (χ2v) is 5.25. The van der Waals surface area contributed by atoms with Crippen molar-refractivity contribution < 1.29 is 9.53 Å². The highest BCUT2D eigenvalue weighted by Crippen LogP contribution is 2.25. The second kappa shape index (κ2) is 6.55. The molecule has 1 aliphatic heterocycles. The summed E-state index contributed by atoms with van der Waals surface area (Å²) in [4.78, 5) is 13.8. The Morgan fingerprint density at radius 3 is 1.90 bits per heavy atom. The van der Waals surface area contributed by atoms with E-state index in [1.54, 1.807) is 0 Å². The molecule has 0 saturated carbocycles. The van der Waals surface area contributed by atoms with Crippen molar-refractivity contribution >= 4 is 5.91 Å². The first-order valence-corrected chi connectivity index (χ1v) is 7.34. The Kier molecular flexibility index (Phi) is 4.31. The topological polar surface area (TPSA) is 29.5 Å². The number of carbonyl (C=O) groups is 1. The number of ether oxygens (including phenoxy) is 1. The van der Waals surface area contributed by atoms with Crippen molar-refractivity contribution in [1.82, 2.24) is 4.90 Å². The van der Waals surface area contributed by atoms with Crippen LogP contribution in [0.3, 0.4) is 0 Å². The van der Waals surface area contributed by atoms with Crippen LogP contribution in [0.2, 0.25) is 0 Å². The van der Waals surface area contributed by atoms with Gasteiger partial charge in [-0.15, -0.1) is 0 Å². The van der Waals surface area contributed by atoms with Gasteiger partial charge in [-0.25, -0.2) is 0 Å². The number of likely N-dealkylation sites (tertiary alicyclic amines) is 1. The maximum absolute atomic E-state index is 12.0. The predicted molar refractivity (Wildman–Crippen MR) is 81.9 cm³/mol. The molecule has 3 rings (SSSR count). The van der Waals surface area contributed by atoms with Crippen LogP contribution in [0, 0.1) is 0 Å². The maximum atomic E-state index is 12.0. The summed E-state index contributed by atoms with van der Waals surface area (Å²) >= 11 is 0. The second-order valence-electron chi connectivity index (χ2n) is 5.25. The van der Waals surface area contributed by atoms with Crippen LogP contribution in [-0.2, 0) is 9.53 Å². The van der Waals surface area contributed by atoms with Gasteiger partial charge in [0.15, 0.2) is 0 Å². The largest absolute Gasteiger partial charge is 0.359 e. The van der Waals surface area contributed by atoms with Crippen LogP contribution in [0.15, 0.2) is 60.7 Å². The number of benzene rings is 2. The number of carbonyl (C=O) groups excluding carboxylic acids is 1. The number of amides is 1. The van der Waals surface area contributed by atoms with Crippen LogP contribution >= 0.6 is 0 Å². The van der Waals surface area contributed by atoms with Gasteiger partial charge in [0.05, 0.1) is 0 Å². The molecule has 3 nitrogen and oxygen atoms in total. The van der Waals surface area contributed by atoms with Gasteiger partial charge < -0.3 is 9.64 Å². The van der Waals surface area contributed by atoms with Crippen molar-refractivity contribution in [2.24, 2.45) is 0 Å². The van der Waals surface area contributed by atoms with Crippen molar-refractivity contribution in [2.75, 3.05) is 19.7 Å². The highest BCUT2D eigenvalue weighted by Gasteiger charge is 2.22. The first-order valence-electron chi connectivity index (χ1n) is 7.34. The number of rotatable bonds is 5. The quantitative estimate of drug-likeness (QED) is 0.843. The zero-order valence-electron chi connectivity index (χ0n) is 11.9. The number of nitrogens with zero attached hydrogens (tertiary/aromatic N) is 1. The standard InChI is InChI=1S/C18H19NO2/c20-17(19-12-7-13-19)14-21-18(15-8-3-1-4-9-15)16-10-5-2-6-11-16/h1-6,8-11,18H,7,12-14H2. The SMILES string of the molecule is O=C(COC(c1ccccc1)c1ccccc1)N1CCC1. The van der Waals surface area contributed by atoms with Gasteiger partial charge in [-0.1, -0.05) is 60.7 Å². The van der Waals surface area contributed by atoms with E-state index in [1.807, 2.05) is 65.6 Å². The Labute approximate surface area is 125 Å². The third kappa shape index (κ3) is 3.31. The highest BCUT2D eigenvalue weighted by molar-refractivity contribution is 5.78. The molecule has 0 atom stereocenters. The average Bonchev–Trinajstić information content (AvgIpc) is 2.48. The molecule has 2 aromatic carbocycles. The maximum Gasteiger partial charge on any atom is 0.248 e. The third-order valence-corrected chi connectivity index (χ3v) is 3.79. The van der Waals surface area contributed by atoms with Crippen LogP contribution in [0.4, 0.5) is 0 Å². The lowest BCUT2D eigenvalue weighted by atomic mass is 10.0. The molecule has 1 saturated heterocycles. The summed E-state index contributed by atoms with van der Waals surface area (Å²) in [6, 6.07) is 20.1. The van der Waals surface area contributed by atoms with E-state index in [-0.39, 0.29) is 18.6 Å². The van der Waals surface area contributed by atoms with Crippen LogP contribution in [-0.4, -0.2) is 30.5 Å². The molecular formula is C18H19NO2. The normalized spacial score (nSPS) is 14.0. The fourth-order valence-electron chi connectivity index (χ4n) is 2.45. The van der Waals surface area contributed by atoms with Crippen LogP contribution in [0.1, 0.15) is 23.7 Å². The molecule has 108 valence electrons. The lowest BCUT2D eigenvalue weighted by molar-refractivity contribution is -0.141. The number of hydrogen-bond acceptors (Lipinski definition) is 2. The van der Waals surface area contributed by atoms with Gasteiger partial charge in [-0.05, 0) is 17.5 Å². The lowest BCUT2D eigenvalue weighted by Crippen LogP contribution is -2.44. The minimum Gasteiger partial charge on any atom is -0.359 e. The molecule has 1 aliphatic rings. The molecule has 0 N–H and O–H groups in total. The van der Waals surface area contributed by atoms with E-state index >= 15 is 0 Å². The minimum atomic E-state index is -0.197. The van der Waals surface area contributed by atoms with Crippen molar-refractivity contribution in [3.05, 3.63) is 71.8 Å². The molecule has 0 bridgehead atoms. The molecule has 21 heavy (non-hydrogen) atoms. The lowest BCUT2D eigenvalue weighted by Gasteiger charge is -2.31. The fraction of sp³-hybridized carbons (Fsp3) is 0.278. The Hall–Kier alpha value is -2.13. The molecular weight excluding hydrogens is 262 g/mol. The van der Waals surface area contributed by atoms with Crippen molar-refractivity contribution in [3.63, 3.8) is 0 Å². The molecule has 3 heteroatoms.